The Balaban J connectivity index is 1.50. The summed E-state index contributed by atoms with van der Waals surface area (Å²) in [5.74, 6) is 0.304. The van der Waals surface area contributed by atoms with Gasteiger partial charge in [0.15, 0.2) is 5.82 Å². The molecule has 1 amide bonds. The van der Waals surface area contributed by atoms with Gasteiger partial charge < -0.3 is 5.32 Å². The van der Waals surface area contributed by atoms with Gasteiger partial charge in [0.2, 0.25) is 5.91 Å². The highest BCUT2D eigenvalue weighted by molar-refractivity contribution is 5.92. The quantitative estimate of drug-likeness (QED) is 0.578. The van der Waals surface area contributed by atoms with Crippen LogP contribution in [0.5, 0.6) is 0 Å². The lowest BCUT2D eigenvalue weighted by atomic mass is 10.1. The number of amides is 1. The van der Waals surface area contributed by atoms with Crippen LogP contribution < -0.4 is 10.9 Å². The van der Waals surface area contributed by atoms with E-state index in [1.165, 1.54) is 10.9 Å². The molecule has 3 aromatic heterocycles. The van der Waals surface area contributed by atoms with Gasteiger partial charge in [-0.2, -0.15) is 5.10 Å². The van der Waals surface area contributed by atoms with Crippen LogP contribution in [0.1, 0.15) is 12.0 Å². The van der Waals surface area contributed by atoms with Crippen molar-refractivity contribution in [3.05, 3.63) is 77.2 Å². The fraction of sp³-hybridized carbons (Fsp3) is 0.150. The summed E-state index contributed by atoms with van der Waals surface area (Å²) in [5, 5.41) is 7.53. The minimum Gasteiger partial charge on any atom is -0.323 e. The van der Waals surface area contributed by atoms with Crippen LogP contribution in [0.2, 0.25) is 0 Å². The molecule has 0 radical (unpaired) electrons. The van der Waals surface area contributed by atoms with Crippen LogP contribution in [-0.2, 0) is 11.3 Å². The van der Waals surface area contributed by atoms with E-state index in [9.17, 15) is 9.59 Å². The number of nitrogens with one attached hydrogen (secondary N) is 1. The molecule has 3 heterocycles. The standard InChI is InChI=1S/C20H18N6O2/c1-14-5-2-6-15-18(14)22-13-25(20(15)28)12-8-17(27)24-16-7-3-9-21-19(16)26-11-4-10-23-26/h2-7,9-11,13H,8,12H2,1H3,(H,24,27). The lowest BCUT2D eigenvalue weighted by Gasteiger charge is -2.11. The van der Waals surface area contributed by atoms with E-state index in [0.29, 0.717) is 22.4 Å². The first-order valence-corrected chi connectivity index (χ1v) is 8.83. The van der Waals surface area contributed by atoms with Crippen LogP contribution in [0.3, 0.4) is 0 Å². The summed E-state index contributed by atoms with van der Waals surface area (Å²) in [5.41, 5.74) is 2.03. The lowest BCUT2D eigenvalue weighted by molar-refractivity contribution is -0.116. The number of para-hydroxylation sites is 1. The summed E-state index contributed by atoms with van der Waals surface area (Å²) in [7, 11) is 0. The van der Waals surface area contributed by atoms with Crippen molar-refractivity contribution in [3.8, 4) is 5.82 Å². The molecule has 0 unspecified atom stereocenters. The van der Waals surface area contributed by atoms with Crippen LogP contribution in [0, 0.1) is 6.92 Å². The zero-order chi connectivity index (χ0) is 19.5. The molecule has 0 saturated carbocycles. The summed E-state index contributed by atoms with van der Waals surface area (Å²) in [6.45, 7) is 2.15. The third kappa shape index (κ3) is 3.39. The van der Waals surface area contributed by atoms with E-state index in [-0.39, 0.29) is 24.4 Å². The van der Waals surface area contributed by atoms with Crippen molar-refractivity contribution in [1.82, 2.24) is 24.3 Å². The molecule has 140 valence electrons. The molecule has 8 heteroatoms. The number of rotatable bonds is 5. The highest BCUT2D eigenvalue weighted by Crippen LogP contribution is 2.16. The smallest absolute Gasteiger partial charge is 0.261 e. The summed E-state index contributed by atoms with van der Waals surface area (Å²) >= 11 is 0. The van der Waals surface area contributed by atoms with E-state index in [2.05, 4.69) is 20.4 Å². The van der Waals surface area contributed by atoms with E-state index in [0.717, 1.165) is 5.56 Å². The molecule has 0 saturated heterocycles. The number of aromatic nitrogens is 5. The Hall–Kier alpha value is -3.81. The fourth-order valence-corrected chi connectivity index (χ4v) is 3.00. The van der Waals surface area contributed by atoms with Crippen molar-refractivity contribution in [2.75, 3.05) is 5.32 Å². The minimum atomic E-state index is -0.224. The Labute approximate surface area is 160 Å². The number of hydrogen-bond donors (Lipinski definition) is 1. The second kappa shape index (κ2) is 7.43. The monoisotopic (exact) mass is 374 g/mol. The van der Waals surface area contributed by atoms with E-state index < -0.39 is 0 Å². The normalized spacial score (nSPS) is 10.9. The largest absolute Gasteiger partial charge is 0.323 e. The van der Waals surface area contributed by atoms with Gasteiger partial charge in [0.1, 0.15) is 0 Å². The van der Waals surface area contributed by atoms with E-state index in [1.54, 1.807) is 47.5 Å². The summed E-state index contributed by atoms with van der Waals surface area (Å²) in [4.78, 5) is 33.7. The first-order valence-electron chi connectivity index (χ1n) is 8.83. The number of carbonyl (C=O) groups excluding carboxylic acids is 1. The average Bonchev–Trinajstić information content (AvgIpc) is 3.23. The zero-order valence-electron chi connectivity index (χ0n) is 15.2. The second-order valence-electron chi connectivity index (χ2n) is 6.34. The van der Waals surface area contributed by atoms with Crippen LogP contribution in [-0.4, -0.2) is 30.2 Å². The third-order valence-corrected chi connectivity index (χ3v) is 4.42. The Morgan fingerprint density at radius 3 is 2.82 bits per heavy atom. The predicted molar refractivity (Wildman–Crippen MR) is 105 cm³/mol. The number of aryl methyl sites for hydroxylation is 2. The number of carbonyl (C=O) groups is 1. The van der Waals surface area contributed by atoms with Gasteiger partial charge in [-0.15, -0.1) is 0 Å². The van der Waals surface area contributed by atoms with Gasteiger partial charge in [-0.1, -0.05) is 12.1 Å². The number of hydrogen-bond acceptors (Lipinski definition) is 5. The predicted octanol–water partition coefficient (Wildman–Crippen LogP) is 2.31. The number of fused-ring (bicyclic) bond motifs is 1. The van der Waals surface area contributed by atoms with Crippen molar-refractivity contribution < 1.29 is 4.79 Å². The molecule has 0 spiro atoms. The highest BCUT2D eigenvalue weighted by atomic mass is 16.2. The molecule has 0 bridgehead atoms. The summed E-state index contributed by atoms with van der Waals surface area (Å²) < 4.78 is 3.04. The maximum atomic E-state index is 12.6. The first-order chi connectivity index (χ1) is 13.6. The SMILES string of the molecule is Cc1cccc2c(=O)n(CCC(=O)Nc3cccnc3-n3cccn3)cnc12. The third-order valence-electron chi connectivity index (χ3n) is 4.42. The second-order valence-corrected chi connectivity index (χ2v) is 6.34. The number of pyridine rings is 1. The van der Waals surface area contributed by atoms with Gasteiger partial charge in [-0.25, -0.2) is 14.6 Å². The van der Waals surface area contributed by atoms with Gasteiger partial charge in [-0.05, 0) is 36.8 Å². The maximum Gasteiger partial charge on any atom is 0.261 e. The number of anilines is 1. The molecule has 0 atom stereocenters. The fourth-order valence-electron chi connectivity index (χ4n) is 3.00. The molecular weight excluding hydrogens is 356 g/mol. The maximum absolute atomic E-state index is 12.6. The number of nitrogens with zero attached hydrogens (tertiary/aromatic N) is 5. The Morgan fingerprint density at radius 2 is 2.00 bits per heavy atom. The molecule has 0 aliphatic heterocycles. The van der Waals surface area contributed by atoms with Crippen LogP contribution in [0.4, 0.5) is 5.69 Å². The highest BCUT2D eigenvalue weighted by Gasteiger charge is 2.11. The van der Waals surface area contributed by atoms with Gasteiger partial charge >= 0.3 is 0 Å². The molecule has 1 N–H and O–H groups in total. The number of benzene rings is 1. The Morgan fingerprint density at radius 1 is 1.11 bits per heavy atom. The van der Waals surface area contributed by atoms with Gasteiger partial charge in [0, 0.05) is 31.6 Å². The van der Waals surface area contributed by atoms with Gasteiger partial charge in [0.05, 0.1) is 22.9 Å². The Kier molecular flexibility index (Phi) is 4.67. The molecule has 0 aliphatic rings. The molecule has 28 heavy (non-hydrogen) atoms. The molecule has 8 nitrogen and oxygen atoms in total. The molecule has 4 rings (SSSR count). The first kappa shape index (κ1) is 17.6. The topological polar surface area (TPSA) is 94.7 Å². The van der Waals surface area contributed by atoms with Crippen molar-refractivity contribution >= 4 is 22.5 Å². The average molecular weight is 374 g/mol. The van der Waals surface area contributed by atoms with Crippen LogP contribution in [0.15, 0.2) is 66.1 Å². The van der Waals surface area contributed by atoms with Crippen molar-refractivity contribution in [2.24, 2.45) is 0 Å². The van der Waals surface area contributed by atoms with Gasteiger partial charge in [-0.3, -0.25) is 14.2 Å². The van der Waals surface area contributed by atoms with Crippen molar-refractivity contribution in [1.29, 1.82) is 0 Å². The van der Waals surface area contributed by atoms with E-state index >= 15 is 0 Å². The van der Waals surface area contributed by atoms with Crippen LogP contribution >= 0.6 is 0 Å². The molecule has 1 aromatic carbocycles. The summed E-state index contributed by atoms with van der Waals surface area (Å²) in [6, 6.07) is 10.8. The van der Waals surface area contributed by atoms with Gasteiger partial charge in [0.25, 0.3) is 5.56 Å². The minimum absolute atomic E-state index is 0.131. The van der Waals surface area contributed by atoms with E-state index in [4.69, 9.17) is 0 Å². The lowest BCUT2D eigenvalue weighted by Crippen LogP contribution is -2.24. The zero-order valence-corrected chi connectivity index (χ0v) is 15.2. The van der Waals surface area contributed by atoms with E-state index in [1.807, 2.05) is 19.1 Å². The Bertz CT molecular complexity index is 1200. The molecule has 0 aliphatic carbocycles. The molecular formula is C20H18N6O2. The molecule has 0 fully saturated rings. The molecule has 4 aromatic rings. The summed E-state index contributed by atoms with van der Waals surface area (Å²) in [6.07, 6.45) is 6.65. The van der Waals surface area contributed by atoms with Crippen molar-refractivity contribution in [3.63, 3.8) is 0 Å². The van der Waals surface area contributed by atoms with Crippen molar-refractivity contribution in [2.45, 2.75) is 19.9 Å². The van der Waals surface area contributed by atoms with Crippen LogP contribution in [0.25, 0.3) is 16.7 Å².